The van der Waals surface area contributed by atoms with Gasteiger partial charge in [0.2, 0.25) is 0 Å². The zero-order valence-corrected chi connectivity index (χ0v) is 12.3. The van der Waals surface area contributed by atoms with Gasteiger partial charge in [0.1, 0.15) is 0 Å². The maximum absolute atomic E-state index is 2.61. The summed E-state index contributed by atoms with van der Waals surface area (Å²) in [5.41, 5.74) is 0. The average Bonchev–Trinajstić information content (AvgIpc) is 2.63. The Balaban J connectivity index is 1.74. The van der Waals surface area contributed by atoms with Gasteiger partial charge in [0.25, 0.3) is 0 Å². The molecule has 0 radical (unpaired) electrons. The molecule has 0 spiro atoms. The van der Waals surface area contributed by atoms with E-state index in [9.17, 15) is 0 Å². The summed E-state index contributed by atoms with van der Waals surface area (Å²) in [4.78, 5) is 2.61. The van der Waals surface area contributed by atoms with Crippen molar-refractivity contribution in [2.45, 2.75) is 65.3 Å². The normalized spacial score (nSPS) is 37.8. The molecule has 0 aromatic carbocycles. The first-order valence-electron chi connectivity index (χ1n) is 7.83. The van der Waals surface area contributed by atoms with Crippen molar-refractivity contribution in [3.05, 3.63) is 0 Å². The van der Waals surface area contributed by atoms with E-state index < -0.39 is 0 Å². The number of likely N-dealkylation sites (tertiary alicyclic amines) is 1. The van der Waals surface area contributed by atoms with E-state index in [4.69, 9.17) is 0 Å². The highest BCUT2D eigenvalue weighted by Crippen LogP contribution is 2.46. The minimum atomic E-state index is 0.930. The summed E-state index contributed by atoms with van der Waals surface area (Å²) in [6, 6.07) is 0.930. The molecule has 0 aromatic rings. The predicted octanol–water partition coefficient (Wildman–Crippen LogP) is 4.18. The highest BCUT2D eigenvalue weighted by atomic mass is 15.2. The fourth-order valence-corrected chi connectivity index (χ4v) is 4.17. The predicted molar refractivity (Wildman–Crippen MR) is 75.1 cm³/mol. The molecule has 3 atom stereocenters. The second-order valence-electron chi connectivity index (χ2n) is 6.81. The third-order valence-electron chi connectivity index (χ3n) is 5.72. The van der Waals surface area contributed by atoms with Crippen molar-refractivity contribution in [3.63, 3.8) is 0 Å². The second kappa shape index (κ2) is 5.73. The Morgan fingerprint density at radius 3 is 2.47 bits per heavy atom. The Hall–Kier alpha value is -0.0400. The lowest BCUT2D eigenvalue weighted by Crippen LogP contribution is -2.42. The molecular formula is C16H31N. The Morgan fingerprint density at radius 1 is 1.24 bits per heavy atom. The summed E-state index contributed by atoms with van der Waals surface area (Å²) in [5.74, 6) is 3.96. The molecule has 0 bridgehead atoms. The van der Waals surface area contributed by atoms with Gasteiger partial charge in [-0.1, -0.05) is 33.6 Å². The molecular weight excluding hydrogens is 206 g/mol. The average molecular weight is 237 g/mol. The number of hydrogen-bond donors (Lipinski definition) is 0. The van der Waals surface area contributed by atoms with Crippen molar-refractivity contribution < 1.29 is 0 Å². The van der Waals surface area contributed by atoms with Crippen molar-refractivity contribution >= 4 is 0 Å². The molecule has 0 aromatic heterocycles. The van der Waals surface area contributed by atoms with Gasteiger partial charge in [-0.15, -0.1) is 0 Å². The number of rotatable bonds is 5. The second-order valence-corrected chi connectivity index (χ2v) is 6.81. The molecule has 2 fully saturated rings. The quantitative estimate of drug-likeness (QED) is 0.693. The lowest BCUT2D eigenvalue weighted by molar-refractivity contribution is 0.0467. The lowest BCUT2D eigenvalue weighted by Gasteiger charge is -2.45. The SMILES string of the molecule is CCCC(C)C(C)C1CC(C2CCCN2C)C1. The fourth-order valence-electron chi connectivity index (χ4n) is 4.17. The van der Waals surface area contributed by atoms with Gasteiger partial charge in [-0.05, 0) is 62.9 Å². The van der Waals surface area contributed by atoms with Crippen LogP contribution in [0.15, 0.2) is 0 Å². The van der Waals surface area contributed by atoms with Gasteiger partial charge in [-0.2, -0.15) is 0 Å². The summed E-state index contributed by atoms with van der Waals surface area (Å²) in [7, 11) is 2.33. The van der Waals surface area contributed by atoms with Crippen molar-refractivity contribution in [1.29, 1.82) is 0 Å². The summed E-state index contributed by atoms with van der Waals surface area (Å²) in [6.07, 6.45) is 8.71. The molecule has 100 valence electrons. The van der Waals surface area contributed by atoms with Crippen LogP contribution in [0.2, 0.25) is 0 Å². The van der Waals surface area contributed by atoms with E-state index >= 15 is 0 Å². The molecule has 2 aliphatic rings. The topological polar surface area (TPSA) is 3.24 Å². The molecule has 1 saturated heterocycles. The Bertz CT molecular complexity index is 232. The third-order valence-corrected chi connectivity index (χ3v) is 5.72. The summed E-state index contributed by atoms with van der Waals surface area (Å²) < 4.78 is 0. The molecule has 17 heavy (non-hydrogen) atoms. The van der Waals surface area contributed by atoms with Gasteiger partial charge in [-0.25, -0.2) is 0 Å². The van der Waals surface area contributed by atoms with E-state index in [2.05, 4.69) is 32.7 Å². The van der Waals surface area contributed by atoms with Crippen LogP contribution >= 0.6 is 0 Å². The van der Waals surface area contributed by atoms with Gasteiger partial charge in [0.05, 0.1) is 0 Å². The van der Waals surface area contributed by atoms with Crippen LogP contribution in [-0.2, 0) is 0 Å². The van der Waals surface area contributed by atoms with Crippen LogP contribution in [0, 0.1) is 23.7 Å². The Labute approximate surface area is 108 Å². The van der Waals surface area contributed by atoms with Crippen molar-refractivity contribution in [3.8, 4) is 0 Å². The summed E-state index contributed by atoms with van der Waals surface area (Å²) >= 11 is 0. The van der Waals surface area contributed by atoms with Crippen LogP contribution < -0.4 is 0 Å². The Kier molecular flexibility index (Phi) is 4.52. The maximum atomic E-state index is 2.61. The highest BCUT2D eigenvalue weighted by molar-refractivity contribution is 4.93. The number of nitrogens with zero attached hydrogens (tertiary/aromatic N) is 1. The van der Waals surface area contributed by atoms with Crippen molar-refractivity contribution in [1.82, 2.24) is 4.90 Å². The molecule has 2 rings (SSSR count). The molecule has 1 heteroatoms. The van der Waals surface area contributed by atoms with Crippen LogP contribution in [0.1, 0.15) is 59.3 Å². The molecule has 0 amide bonds. The molecule has 1 aliphatic carbocycles. The summed E-state index contributed by atoms with van der Waals surface area (Å²) in [5, 5.41) is 0. The molecule has 1 nitrogen and oxygen atoms in total. The molecule has 1 aliphatic heterocycles. The fraction of sp³-hybridized carbons (Fsp3) is 1.00. The van der Waals surface area contributed by atoms with Crippen molar-refractivity contribution in [2.24, 2.45) is 23.7 Å². The number of hydrogen-bond acceptors (Lipinski definition) is 1. The molecule has 0 N–H and O–H groups in total. The molecule has 1 heterocycles. The van der Waals surface area contributed by atoms with Gasteiger partial charge >= 0.3 is 0 Å². The Morgan fingerprint density at radius 2 is 1.94 bits per heavy atom. The van der Waals surface area contributed by atoms with Crippen LogP contribution in [0.5, 0.6) is 0 Å². The summed E-state index contributed by atoms with van der Waals surface area (Å²) in [6.45, 7) is 8.62. The van der Waals surface area contributed by atoms with E-state index in [0.717, 1.165) is 29.7 Å². The van der Waals surface area contributed by atoms with E-state index in [1.807, 2.05) is 0 Å². The molecule has 3 unspecified atom stereocenters. The van der Waals surface area contributed by atoms with Crippen LogP contribution in [0.3, 0.4) is 0 Å². The first-order chi connectivity index (χ1) is 8.13. The van der Waals surface area contributed by atoms with Gasteiger partial charge in [0, 0.05) is 6.04 Å². The highest BCUT2D eigenvalue weighted by Gasteiger charge is 2.41. The van der Waals surface area contributed by atoms with Gasteiger partial charge in [0.15, 0.2) is 0 Å². The van der Waals surface area contributed by atoms with E-state index in [-0.39, 0.29) is 0 Å². The minimum absolute atomic E-state index is 0.930. The lowest BCUT2D eigenvalue weighted by atomic mass is 9.63. The molecule has 1 saturated carbocycles. The largest absolute Gasteiger partial charge is 0.303 e. The third kappa shape index (κ3) is 2.86. The van der Waals surface area contributed by atoms with Gasteiger partial charge in [-0.3, -0.25) is 0 Å². The smallest absolute Gasteiger partial charge is 0.0121 e. The zero-order valence-electron chi connectivity index (χ0n) is 12.3. The standard InChI is InChI=1S/C16H31N/c1-5-7-12(2)13(3)14-10-15(11-14)16-8-6-9-17(16)4/h12-16H,5-11H2,1-4H3. The maximum Gasteiger partial charge on any atom is 0.0121 e. The van der Waals surface area contributed by atoms with Crippen molar-refractivity contribution in [2.75, 3.05) is 13.6 Å². The first kappa shape index (κ1) is 13.4. The monoisotopic (exact) mass is 237 g/mol. The zero-order chi connectivity index (χ0) is 12.4. The van der Waals surface area contributed by atoms with Crippen LogP contribution in [-0.4, -0.2) is 24.5 Å². The van der Waals surface area contributed by atoms with E-state index in [1.165, 1.54) is 45.1 Å². The minimum Gasteiger partial charge on any atom is -0.303 e. The van der Waals surface area contributed by atoms with Gasteiger partial charge < -0.3 is 4.90 Å². The van der Waals surface area contributed by atoms with E-state index in [0.29, 0.717) is 0 Å². The van der Waals surface area contributed by atoms with Crippen LogP contribution in [0.25, 0.3) is 0 Å². The van der Waals surface area contributed by atoms with E-state index in [1.54, 1.807) is 0 Å². The van der Waals surface area contributed by atoms with Crippen LogP contribution in [0.4, 0.5) is 0 Å². The first-order valence-corrected chi connectivity index (χ1v) is 7.83.